The van der Waals surface area contributed by atoms with Gasteiger partial charge in [-0.1, -0.05) is 6.07 Å². The average molecular weight is 285 g/mol. The van der Waals surface area contributed by atoms with Gasteiger partial charge in [-0.15, -0.1) is 0 Å². The Bertz CT molecular complexity index is 663. The van der Waals surface area contributed by atoms with Gasteiger partial charge in [-0.2, -0.15) is 0 Å². The largest absolute Gasteiger partial charge is 0.397 e. The summed E-state index contributed by atoms with van der Waals surface area (Å²) in [6.07, 6.45) is 3.64. The van der Waals surface area contributed by atoms with Gasteiger partial charge in [0.25, 0.3) is 0 Å². The summed E-state index contributed by atoms with van der Waals surface area (Å²) < 4.78 is 6.15. The maximum atomic E-state index is 6.42. The van der Waals surface area contributed by atoms with E-state index in [2.05, 4.69) is 49.7 Å². The Kier molecular flexibility index (Phi) is 3.10. The number of morpholine rings is 1. The number of aromatic nitrogens is 1. The molecular weight excluding hydrogens is 262 g/mol. The predicted molar refractivity (Wildman–Crippen MR) is 87.6 cm³/mol. The molecule has 1 fully saturated rings. The van der Waals surface area contributed by atoms with Crippen molar-refractivity contribution < 1.29 is 4.74 Å². The van der Waals surface area contributed by atoms with E-state index in [-0.39, 0.29) is 11.2 Å². The highest BCUT2D eigenvalue weighted by Gasteiger charge is 2.38. The molecule has 1 aromatic carbocycles. The van der Waals surface area contributed by atoms with Gasteiger partial charge in [0.2, 0.25) is 0 Å². The molecule has 0 unspecified atom stereocenters. The number of nitrogens with zero attached hydrogens (tertiary/aromatic N) is 2. The lowest BCUT2D eigenvalue weighted by Crippen LogP contribution is -2.57. The molecule has 0 radical (unpaired) electrons. The van der Waals surface area contributed by atoms with Crippen molar-refractivity contribution in [2.75, 3.05) is 23.7 Å². The summed E-state index contributed by atoms with van der Waals surface area (Å²) in [6, 6.07) is 6.16. The second-order valence-corrected chi connectivity index (χ2v) is 7.07. The van der Waals surface area contributed by atoms with E-state index in [4.69, 9.17) is 10.5 Å². The molecule has 1 aliphatic heterocycles. The van der Waals surface area contributed by atoms with Crippen molar-refractivity contribution >= 4 is 22.1 Å². The number of rotatable bonds is 1. The van der Waals surface area contributed by atoms with E-state index in [0.717, 1.165) is 35.2 Å². The number of hydrogen-bond donors (Lipinski definition) is 1. The van der Waals surface area contributed by atoms with Gasteiger partial charge in [0.1, 0.15) is 0 Å². The quantitative estimate of drug-likeness (QED) is 0.817. The molecule has 0 saturated carbocycles. The van der Waals surface area contributed by atoms with Crippen LogP contribution in [0.2, 0.25) is 0 Å². The number of anilines is 2. The highest BCUT2D eigenvalue weighted by molar-refractivity contribution is 5.98. The van der Waals surface area contributed by atoms with E-state index in [1.165, 1.54) is 0 Å². The van der Waals surface area contributed by atoms with Crippen LogP contribution in [0.3, 0.4) is 0 Å². The number of hydrogen-bond acceptors (Lipinski definition) is 4. The molecule has 2 aromatic rings. The first-order valence-corrected chi connectivity index (χ1v) is 7.35. The van der Waals surface area contributed by atoms with Gasteiger partial charge in [0.05, 0.1) is 22.6 Å². The van der Waals surface area contributed by atoms with E-state index in [9.17, 15) is 0 Å². The van der Waals surface area contributed by atoms with Gasteiger partial charge in [-0.25, -0.2) is 0 Å². The van der Waals surface area contributed by atoms with Gasteiger partial charge < -0.3 is 15.4 Å². The molecule has 1 saturated heterocycles. The first kappa shape index (κ1) is 14.1. The van der Waals surface area contributed by atoms with Crippen molar-refractivity contribution in [2.24, 2.45) is 0 Å². The molecule has 4 heteroatoms. The molecule has 4 nitrogen and oxygen atoms in total. The third-order valence-corrected chi connectivity index (χ3v) is 3.88. The molecule has 0 bridgehead atoms. The zero-order valence-electron chi connectivity index (χ0n) is 13.2. The van der Waals surface area contributed by atoms with E-state index < -0.39 is 0 Å². The zero-order chi connectivity index (χ0) is 15.3. The molecule has 2 heterocycles. The van der Waals surface area contributed by atoms with Crippen LogP contribution in [0, 0.1) is 0 Å². The van der Waals surface area contributed by atoms with Crippen LogP contribution in [0.15, 0.2) is 30.6 Å². The average Bonchev–Trinajstić information content (AvgIpc) is 2.35. The van der Waals surface area contributed by atoms with Gasteiger partial charge >= 0.3 is 0 Å². The van der Waals surface area contributed by atoms with Crippen LogP contribution in [-0.2, 0) is 4.74 Å². The van der Waals surface area contributed by atoms with E-state index in [1.807, 2.05) is 12.3 Å². The van der Waals surface area contributed by atoms with Crippen LogP contribution in [0.4, 0.5) is 11.4 Å². The minimum Gasteiger partial charge on any atom is -0.397 e. The highest BCUT2D eigenvalue weighted by Crippen LogP contribution is 2.36. The summed E-state index contributed by atoms with van der Waals surface area (Å²) in [5.41, 5.74) is 7.93. The summed E-state index contributed by atoms with van der Waals surface area (Å²) >= 11 is 0. The maximum absolute atomic E-state index is 6.42. The summed E-state index contributed by atoms with van der Waals surface area (Å²) in [7, 11) is 0. The molecule has 112 valence electrons. The molecule has 0 amide bonds. The summed E-state index contributed by atoms with van der Waals surface area (Å²) in [6.45, 7) is 10.2. The number of nitrogen functional groups attached to an aromatic ring is 1. The van der Waals surface area contributed by atoms with Gasteiger partial charge in [0, 0.05) is 36.3 Å². The highest BCUT2D eigenvalue weighted by atomic mass is 16.5. The molecule has 0 spiro atoms. The van der Waals surface area contributed by atoms with Crippen LogP contribution in [0.5, 0.6) is 0 Å². The van der Waals surface area contributed by atoms with Crippen molar-refractivity contribution in [3.05, 3.63) is 30.6 Å². The monoisotopic (exact) mass is 285 g/mol. The molecule has 21 heavy (non-hydrogen) atoms. The van der Waals surface area contributed by atoms with E-state index >= 15 is 0 Å². The lowest BCUT2D eigenvalue weighted by molar-refractivity contribution is -0.133. The Balaban J connectivity index is 2.06. The Morgan fingerprint density at radius 1 is 1.10 bits per heavy atom. The van der Waals surface area contributed by atoms with Crippen LogP contribution < -0.4 is 10.6 Å². The Morgan fingerprint density at radius 3 is 2.43 bits per heavy atom. The number of fused-ring (bicyclic) bond motifs is 1. The maximum Gasteiger partial charge on any atom is 0.0808 e. The van der Waals surface area contributed by atoms with Crippen molar-refractivity contribution in [3.8, 4) is 0 Å². The SMILES string of the molecule is CC1(C)CN(c2ccc3cnccc3c2N)CC(C)(C)O1. The number of nitrogens with two attached hydrogens (primary N) is 1. The summed E-state index contributed by atoms with van der Waals surface area (Å²) in [4.78, 5) is 6.49. The minimum absolute atomic E-state index is 0.193. The standard InChI is InChI=1S/C17H23N3O/c1-16(2)10-20(11-17(3,4)21-16)14-6-5-12-9-19-8-7-13(12)15(14)18/h5-9H,10-11,18H2,1-4H3. The second kappa shape index (κ2) is 4.60. The third-order valence-electron chi connectivity index (χ3n) is 3.88. The molecule has 0 aliphatic carbocycles. The Labute approximate surface area is 125 Å². The number of ether oxygens (including phenoxy) is 1. The lowest BCUT2D eigenvalue weighted by Gasteiger charge is -2.48. The lowest BCUT2D eigenvalue weighted by atomic mass is 9.97. The fraction of sp³-hybridized carbons (Fsp3) is 0.471. The van der Waals surface area contributed by atoms with Crippen LogP contribution >= 0.6 is 0 Å². The summed E-state index contributed by atoms with van der Waals surface area (Å²) in [5.74, 6) is 0. The molecule has 0 atom stereocenters. The molecule has 1 aromatic heterocycles. The number of benzene rings is 1. The zero-order valence-corrected chi connectivity index (χ0v) is 13.2. The van der Waals surface area contributed by atoms with Crippen molar-refractivity contribution in [3.63, 3.8) is 0 Å². The first-order chi connectivity index (χ1) is 9.77. The number of pyridine rings is 1. The van der Waals surface area contributed by atoms with Gasteiger partial charge in [0.15, 0.2) is 0 Å². The van der Waals surface area contributed by atoms with Crippen LogP contribution in [-0.4, -0.2) is 29.3 Å². The van der Waals surface area contributed by atoms with E-state index in [1.54, 1.807) is 6.20 Å². The Morgan fingerprint density at radius 2 is 1.76 bits per heavy atom. The van der Waals surface area contributed by atoms with Crippen LogP contribution in [0.25, 0.3) is 10.8 Å². The van der Waals surface area contributed by atoms with Crippen LogP contribution in [0.1, 0.15) is 27.7 Å². The first-order valence-electron chi connectivity index (χ1n) is 7.35. The normalized spacial score (nSPS) is 20.7. The minimum atomic E-state index is -0.193. The molecule has 1 aliphatic rings. The third kappa shape index (κ3) is 2.68. The molecular formula is C17H23N3O. The Hall–Kier alpha value is -1.81. The topological polar surface area (TPSA) is 51.4 Å². The molecule has 2 N–H and O–H groups in total. The van der Waals surface area contributed by atoms with Gasteiger partial charge in [-0.05, 0) is 39.8 Å². The smallest absolute Gasteiger partial charge is 0.0808 e. The van der Waals surface area contributed by atoms with Crippen molar-refractivity contribution in [1.29, 1.82) is 0 Å². The van der Waals surface area contributed by atoms with Crippen molar-refractivity contribution in [1.82, 2.24) is 4.98 Å². The summed E-state index contributed by atoms with van der Waals surface area (Å²) in [5, 5.41) is 2.13. The van der Waals surface area contributed by atoms with Gasteiger partial charge in [-0.3, -0.25) is 4.98 Å². The second-order valence-electron chi connectivity index (χ2n) is 7.07. The molecule has 3 rings (SSSR count). The fourth-order valence-corrected chi connectivity index (χ4v) is 3.42. The van der Waals surface area contributed by atoms with E-state index in [0.29, 0.717) is 0 Å². The predicted octanol–water partition coefficient (Wildman–Crippen LogP) is 3.21. The van der Waals surface area contributed by atoms with Crippen molar-refractivity contribution in [2.45, 2.75) is 38.9 Å². The fourth-order valence-electron chi connectivity index (χ4n) is 3.42.